The second kappa shape index (κ2) is 7.57. The van der Waals surface area contributed by atoms with E-state index in [0.29, 0.717) is 17.3 Å². The first-order chi connectivity index (χ1) is 13.9. The first-order valence-corrected chi connectivity index (χ1v) is 11.1. The molecule has 1 aliphatic carbocycles. The summed E-state index contributed by atoms with van der Waals surface area (Å²) in [7, 11) is -2.13. The Morgan fingerprint density at radius 1 is 1.14 bits per heavy atom. The third-order valence-corrected chi connectivity index (χ3v) is 6.79. The molecule has 0 spiro atoms. The average molecular weight is 414 g/mol. The molecular formula is C20H23N5O3S. The van der Waals surface area contributed by atoms with Gasteiger partial charge in [-0.2, -0.15) is 4.98 Å². The number of pyridine rings is 1. The van der Waals surface area contributed by atoms with Gasteiger partial charge in [0.2, 0.25) is 16.0 Å². The van der Waals surface area contributed by atoms with E-state index in [2.05, 4.69) is 20.0 Å². The minimum atomic E-state index is -3.51. The van der Waals surface area contributed by atoms with Gasteiger partial charge in [0, 0.05) is 29.4 Å². The van der Waals surface area contributed by atoms with Gasteiger partial charge in [-0.05, 0) is 56.6 Å². The van der Waals surface area contributed by atoms with E-state index in [4.69, 9.17) is 0 Å². The van der Waals surface area contributed by atoms with Crippen LogP contribution < -0.4 is 15.6 Å². The molecule has 3 aromatic rings. The van der Waals surface area contributed by atoms with Crippen molar-refractivity contribution >= 4 is 32.7 Å². The van der Waals surface area contributed by atoms with Crippen LogP contribution in [-0.2, 0) is 10.0 Å². The fourth-order valence-electron chi connectivity index (χ4n) is 3.80. The normalized spacial score (nSPS) is 15.1. The lowest BCUT2D eigenvalue weighted by molar-refractivity contribution is 0.516. The average Bonchev–Trinajstić information content (AvgIpc) is 3.23. The van der Waals surface area contributed by atoms with Crippen molar-refractivity contribution in [3.8, 4) is 0 Å². The first-order valence-electron chi connectivity index (χ1n) is 9.58. The van der Waals surface area contributed by atoms with Crippen LogP contribution in [0.25, 0.3) is 11.0 Å². The van der Waals surface area contributed by atoms with Gasteiger partial charge in [-0.1, -0.05) is 12.8 Å². The van der Waals surface area contributed by atoms with E-state index in [1.807, 2.05) is 6.92 Å². The Hall–Kier alpha value is -2.78. The Morgan fingerprint density at radius 2 is 1.90 bits per heavy atom. The fraction of sp³-hybridized carbons (Fsp3) is 0.350. The smallest absolute Gasteiger partial charge is 0.252 e. The van der Waals surface area contributed by atoms with Gasteiger partial charge in [0.05, 0.1) is 4.90 Å². The predicted molar refractivity (Wildman–Crippen MR) is 112 cm³/mol. The molecule has 0 bridgehead atoms. The number of aromatic nitrogens is 3. The van der Waals surface area contributed by atoms with Crippen molar-refractivity contribution in [3.05, 3.63) is 52.4 Å². The lowest BCUT2D eigenvalue weighted by atomic mass is 10.2. The van der Waals surface area contributed by atoms with Crippen LogP contribution in [0.2, 0.25) is 0 Å². The zero-order valence-corrected chi connectivity index (χ0v) is 17.2. The summed E-state index contributed by atoms with van der Waals surface area (Å²) in [4.78, 5) is 21.7. The molecule has 9 heteroatoms. The zero-order valence-electron chi connectivity index (χ0n) is 16.3. The van der Waals surface area contributed by atoms with E-state index < -0.39 is 10.0 Å². The zero-order chi connectivity index (χ0) is 20.6. The van der Waals surface area contributed by atoms with E-state index in [0.717, 1.165) is 36.6 Å². The molecule has 8 nitrogen and oxygen atoms in total. The van der Waals surface area contributed by atoms with Crippen LogP contribution in [0.1, 0.15) is 37.3 Å². The molecule has 29 heavy (non-hydrogen) atoms. The molecular weight excluding hydrogens is 390 g/mol. The summed E-state index contributed by atoms with van der Waals surface area (Å²) < 4.78 is 28.0. The number of hydrogen-bond acceptors (Lipinski definition) is 6. The van der Waals surface area contributed by atoms with E-state index in [-0.39, 0.29) is 16.5 Å². The second-order valence-corrected chi connectivity index (χ2v) is 9.15. The van der Waals surface area contributed by atoms with Crippen molar-refractivity contribution in [1.82, 2.24) is 19.3 Å². The molecule has 1 fully saturated rings. The standard InChI is InChI=1S/C20H23N5O3S/c1-13-11-16(29(27,28)21-2)8-9-17(13)23-20-22-12-14-7-10-18(26)25(19(14)24-20)15-5-3-4-6-15/h7-12,15,21H,3-6H2,1-2H3,(H,22,23,24). The van der Waals surface area contributed by atoms with Crippen molar-refractivity contribution in [3.63, 3.8) is 0 Å². The summed E-state index contributed by atoms with van der Waals surface area (Å²) in [5, 5.41) is 3.96. The number of nitrogens with one attached hydrogen (secondary N) is 2. The number of nitrogens with zero attached hydrogens (tertiary/aromatic N) is 3. The van der Waals surface area contributed by atoms with Gasteiger partial charge in [-0.15, -0.1) is 0 Å². The first kappa shape index (κ1) is 19.5. The maximum absolute atomic E-state index is 12.5. The van der Waals surface area contributed by atoms with Crippen LogP contribution >= 0.6 is 0 Å². The van der Waals surface area contributed by atoms with Gasteiger partial charge in [0.15, 0.2) is 0 Å². The molecule has 0 amide bonds. The molecule has 1 aliphatic rings. The molecule has 0 radical (unpaired) electrons. The molecule has 0 aliphatic heterocycles. The summed E-state index contributed by atoms with van der Waals surface area (Å²) in [6.45, 7) is 1.81. The Balaban J connectivity index is 1.72. The quantitative estimate of drug-likeness (QED) is 0.666. The predicted octanol–water partition coefficient (Wildman–Crippen LogP) is 2.87. The molecule has 2 aromatic heterocycles. The van der Waals surface area contributed by atoms with Gasteiger partial charge < -0.3 is 5.32 Å². The highest BCUT2D eigenvalue weighted by Crippen LogP contribution is 2.30. The van der Waals surface area contributed by atoms with Gasteiger partial charge in [0.25, 0.3) is 5.56 Å². The summed E-state index contributed by atoms with van der Waals surface area (Å²) in [5.74, 6) is 0.363. The summed E-state index contributed by atoms with van der Waals surface area (Å²) in [6, 6.07) is 8.28. The van der Waals surface area contributed by atoms with Gasteiger partial charge in [-0.25, -0.2) is 18.1 Å². The molecule has 152 valence electrons. The van der Waals surface area contributed by atoms with Crippen LogP contribution in [0.4, 0.5) is 11.6 Å². The van der Waals surface area contributed by atoms with E-state index in [9.17, 15) is 13.2 Å². The number of anilines is 2. The van der Waals surface area contributed by atoms with Crippen LogP contribution in [0.15, 0.2) is 46.2 Å². The molecule has 1 saturated carbocycles. The monoisotopic (exact) mass is 413 g/mol. The van der Waals surface area contributed by atoms with Crippen molar-refractivity contribution < 1.29 is 8.42 Å². The van der Waals surface area contributed by atoms with Gasteiger partial charge in [-0.3, -0.25) is 9.36 Å². The van der Waals surface area contributed by atoms with Crippen LogP contribution in [-0.4, -0.2) is 30.0 Å². The Kier molecular flexibility index (Phi) is 5.10. The largest absolute Gasteiger partial charge is 0.324 e. The highest BCUT2D eigenvalue weighted by molar-refractivity contribution is 7.89. The lowest BCUT2D eigenvalue weighted by Gasteiger charge is -2.16. The lowest BCUT2D eigenvalue weighted by Crippen LogP contribution is -2.23. The minimum Gasteiger partial charge on any atom is -0.324 e. The molecule has 2 N–H and O–H groups in total. The van der Waals surface area contributed by atoms with Crippen molar-refractivity contribution in [2.24, 2.45) is 0 Å². The number of benzene rings is 1. The number of aryl methyl sites for hydroxylation is 1. The Labute approximate surface area is 169 Å². The van der Waals surface area contributed by atoms with E-state index in [1.54, 1.807) is 35.0 Å². The Morgan fingerprint density at radius 3 is 2.59 bits per heavy atom. The molecule has 4 rings (SSSR count). The maximum Gasteiger partial charge on any atom is 0.252 e. The molecule has 2 heterocycles. The van der Waals surface area contributed by atoms with Gasteiger partial charge in [0.1, 0.15) is 5.65 Å². The summed E-state index contributed by atoms with van der Waals surface area (Å²) in [6.07, 6.45) is 5.89. The number of hydrogen-bond donors (Lipinski definition) is 2. The third-order valence-electron chi connectivity index (χ3n) is 5.38. The van der Waals surface area contributed by atoms with Crippen molar-refractivity contribution in [2.75, 3.05) is 12.4 Å². The van der Waals surface area contributed by atoms with Gasteiger partial charge >= 0.3 is 0 Å². The highest BCUT2D eigenvalue weighted by atomic mass is 32.2. The number of sulfonamides is 1. The molecule has 0 saturated heterocycles. The van der Waals surface area contributed by atoms with E-state index >= 15 is 0 Å². The minimum absolute atomic E-state index is 0.0492. The molecule has 1 aromatic carbocycles. The topological polar surface area (TPSA) is 106 Å². The van der Waals surface area contributed by atoms with E-state index in [1.165, 1.54) is 13.1 Å². The van der Waals surface area contributed by atoms with Crippen LogP contribution in [0, 0.1) is 6.92 Å². The third kappa shape index (κ3) is 3.75. The highest BCUT2D eigenvalue weighted by Gasteiger charge is 2.21. The number of fused-ring (bicyclic) bond motifs is 1. The van der Waals surface area contributed by atoms with Crippen LogP contribution in [0.3, 0.4) is 0 Å². The summed E-state index contributed by atoms with van der Waals surface area (Å²) >= 11 is 0. The molecule has 0 atom stereocenters. The van der Waals surface area contributed by atoms with Crippen molar-refractivity contribution in [1.29, 1.82) is 0 Å². The maximum atomic E-state index is 12.5. The molecule has 0 unspecified atom stereocenters. The SMILES string of the molecule is CNS(=O)(=O)c1ccc(Nc2ncc3ccc(=O)n(C4CCCC4)c3n2)c(C)c1. The number of rotatable bonds is 5. The summed E-state index contributed by atoms with van der Waals surface area (Å²) in [5.41, 5.74) is 2.01. The van der Waals surface area contributed by atoms with Crippen molar-refractivity contribution in [2.45, 2.75) is 43.5 Å². The Bertz CT molecular complexity index is 1230. The second-order valence-electron chi connectivity index (χ2n) is 7.26. The van der Waals surface area contributed by atoms with Crippen LogP contribution in [0.5, 0.6) is 0 Å². The fourth-order valence-corrected chi connectivity index (χ4v) is 4.61.